The van der Waals surface area contributed by atoms with Gasteiger partial charge < -0.3 is 0 Å². The fourth-order valence-electron chi connectivity index (χ4n) is 5.08. The molecule has 0 aromatic heterocycles. The average molecular weight is 342 g/mol. The zero-order valence-electron chi connectivity index (χ0n) is 16.6. The van der Waals surface area contributed by atoms with E-state index in [0.29, 0.717) is 0 Å². The van der Waals surface area contributed by atoms with Gasteiger partial charge in [-0.15, -0.1) is 0 Å². The number of hydrogen-bond donors (Lipinski definition) is 0. The summed E-state index contributed by atoms with van der Waals surface area (Å²) in [5.74, 6) is 3.43. The van der Waals surface area contributed by atoms with Crippen molar-refractivity contribution < 1.29 is 0 Å². The van der Waals surface area contributed by atoms with Crippen molar-refractivity contribution in [2.75, 3.05) is 0 Å². The van der Waals surface area contributed by atoms with E-state index in [2.05, 4.69) is 64.2 Å². The molecule has 2 aromatic carbocycles. The Hall–Kier alpha value is -1.43. The Labute approximate surface area is 161 Å². The van der Waals surface area contributed by atoms with Crippen LogP contribution in [0.3, 0.4) is 0 Å². The molecule has 2 aromatic rings. The Morgan fingerprint density at radius 2 is 0.769 bits per heavy atom. The molecule has 0 saturated heterocycles. The third-order valence-corrected chi connectivity index (χ3v) is 7.13. The third kappa shape index (κ3) is 4.11. The first-order valence-corrected chi connectivity index (χ1v) is 10.9. The zero-order chi connectivity index (χ0) is 17.9. The summed E-state index contributed by atoms with van der Waals surface area (Å²) >= 11 is 0. The maximum absolute atomic E-state index is 2.40. The van der Waals surface area contributed by atoms with Gasteiger partial charge in [0.05, 0.1) is 0 Å². The SMILES string of the molecule is BC1CCC(c2ccc(-c3ccc(C4CCC(B)CC4)cc3)cc2)CC1. The van der Waals surface area contributed by atoms with Gasteiger partial charge in [-0.25, -0.2) is 0 Å². The summed E-state index contributed by atoms with van der Waals surface area (Å²) in [7, 11) is 4.80. The number of rotatable bonds is 3. The van der Waals surface area contributed by atoms with Crippen molar-refractivity contribution in [1.82, 2.24) is 0 Å². The Kier molecular flexibility index (Phi) is 5.57. The first-order chi connectivity index (χ1) is 12.7. The van der Waals surface area contributed by atoms with Crippen LogP contribution in [0.2, 0.25) is 11.6 Å². The third-order valence-electron chi connectivity index (χ3n) is 7.13. The summed E-state index contributed by atoms with van der Waals surface area (Å²) in [6, 6.07) is 18.9. The average Bonchev–Trinajstić information content (AvgIpc) is 2.70. The van der Waals surface area contributed by atoms with Gasteiger partial charge >= 0.3 is 0 Å². The van der Waals surface area contributed by atoms with E-state index in [4.69, 9.17) is 0 Å². The van der Waals surface area contributed by atoms with Gasteiger partial charge in [-0.05, 0) is 59.8 Å². The highest BCUT2D eigenvalue weighted by Gasteiger charge is 2.20. The molecule has 2 fully saturated rings. The fraction of sp³-hybridized carbons (Fsp3) is 0.500. The van der Waals surface area contributed by atoms with E-state index >= 15 is 0 Å². The fourth-order valence-corrected chi connectivity index (χ4v) is 5.08. The van der Waals surface area contributed by atoms with Crippen LogP contribution in [0, 0.1) is 0 Å². The van der Waals surface area contributed by atoms with Crippen LogP contribution in [0.4, 0.5) is 0 Å². The van der Waals surface area contributed by atoms with Gasteiger partial charge in [0, 0.05) is 0 Å². The standard InChI is InChI=1S/C24H32B2/c25-23-13-9-21(10-14-23)19-5-1-17(2-6-19)18-3-7-20(8-4-18)22-11-15-24(26)16-12-22/h1-8,21-24H,9-16,25-26H2. The van der Waals surface area contributed by atoms with E-state index in [-0.39, 0.29) is 0 Å². The van der Waals surface area contributed by atoms with Crippen LogP contribution >= 0.6 is 0 Å². The molecule has 0 heterocycles. The Morgan fingerprint density at radius 1 is 0.462 bits per heavy atom. The Morgan fingerprint density at radius 3 is 1.08 bits per heavy atom. The lowest BCUT2D eigenvalue weighted by atomic mass is 9.70. The molecule has 0 amide bonds. The molecule has 0 radical (unpaired) electrons. The molecule has 2 aliphatic carbocycles. The lowest BCUT2D eigenvalue weighted by molar-refractivity contribution is 0.444. The quantitative estimate of drug-likeness (QED) is 0.645. The van der Waals surface area contributed by atoms with E-state index in [0.717, 1.165) is 23.5 Å². The highest BCUT2D eigenvalue weighted by Crippen LogP contribution is 2.39. The second-order valence-electron chi connectivity index (χ2n) is 9.16. The summed E-state index contributed by atoms with van der Waals surface area (Å²) in [4.78, 5) is 0. The highest BCUT2D eigenvalue weighted by molar-refractivity contribution is 6.11. The molecular weight excluding hydrogens is 310 g/mol. The zero-order valence-corrected chi connectivity index (χ0v) is 16.6. The van der Waals surface area contributed by atoms with Crippen molar-refractivity contribution >= 4 is 15.7 Å². The van der Waals surface area contributed by atoms with Gasteiger partial charge in [-0.3, -0.25) is 0 Å². The second-order valence-corrected chi connectivity index (χ2v) is 9.16. The summed E-state index contributed by atoms with van der Waals surface area (Å²) in [6.07, 6.45) is 11.1. The van der Waals surface area contributed by atoms with E-state index in [9.17, 15) is 0 Å². The van der Waals surface area contributed by atoms with E-state index in [1.54, 1.807) is 11.1 Å². The summed E-state index contributed by atoms with van der Waals surface area (Å²) in [5.41, 5.74) is 5.82. The second kappa shape index (κ2) is 8.07. The predicted octanol–water partition coefficient (Wildman–Crippen LogP) is 5.51. The largest absolute Gasteiger partial charge is 0.105 e. The van der Waals surface area contributed by atoms with Crippen molar-refractivity contribution in [2.45, 2.75) is 74.8 Å². The van der Waals surface area contributed by atoms with Crippen molar-refractivity contribution in [2.24, 2.45) is 0 Å². The molecule has 0 N–H and O–H groups in total. The molecule has 0 unspecified atom stereocenters. The molecule has 134 valence electrons. The molecule has 2 heteroatoms. The molecular formula is C24H32B2. The smallest absolute Gasteiger partial charge is 0.0697 e. The predicted molar refractivity (Wildman–Crippen MR) is 119 cm³/mol. The lowest BCUT2D eigenvalue weighted by Crippen LogP contribution is -2.09. The number of hydrogen-bond acceptors (Lipinski definition) is 0. The molecule has 0 atom stereocenters. The normalized spacial score (nSPS) is 29.4. The molecule has 0 spiro atoms. The molecule has 26 heavy (non-hydrogen) atoms. The van der Waals surface area contributed by atoms with Gasteiger partial charge in [0.15, 0.2) is 0 Å². The molecule has 2 saturated carbocycles. The van der Waals surface area contributed by atoms with Crippen LogP contribution < -0.4 is 0 Å². The van der Waals surface area contributed by atoms with Crippen LogP contribution in [0.15, 0.2) is 48.5 Å². The first-order valence-electron chi connectivity index (χ1n) is 10.9. The van der Waals surface area contributed by atoms with E-state index in [1.807, 2.05) is 0 Å². The minimum absolute atomic E-state index is 0.788. The van der Waals surface area contributed by atoms with Crippen molar-refractivity contribution in [1.29, 1.82) is 0 Å². The minimum Gasteiger partial charge on any atom is -0.0697 e. The van der Waals surface area contributed by atoms with Crippen molar-refractivity contribution in [3.63, 3.8) is 0 Å². The van der Waals surface area contributed by atoms with Crippen LogP contribution in [-0.4, -0.2) is 15.7 Å². The van der Waals surface area contributed by atoms with Crippen LogP contribution in [0.5, 0.6) is 0 Å². The lowest BCUT2D eigenvalue weighted by Gasteiger charge is -2.27. The molecule has 0 aliphatic heterocycles. The monoisotopic (exact) mass is 342 g/mol. The van der Waals surface area contributed by atoms with Gasteiger partial charge in [0.1, 0.15) is 15.7 Å². The maximum atomic E-state index is 2.40. The maximum Gasteiger partial charge on any atom is 0.105 e. The molecule has 4 rings (SSSR count). The van der Waals surface area contributed by atoms with Gasteiger partial charge in [-0.1, -0.05) is 85.8 Å². The molecule has 0 nitrogen and oxygen atoms in total. The van der Waals surface area contributed by atoms with Gasteiger partial charge in [0.2, 0.25) is 0 Å². The first kappa shape index (κ1) is 18.0. The Bertz CT molecular complexity index is 624. The summed E-state index contributed by atoms with van der Waals surface area (Å²) < 4.78 is 0. The highest BCUT2D eigenvalue weighted by atomic mass is 14.2. The topological polar surface area (TPSA) is 0 Å². The van der Waals surface area contributed by atoms with Crippen LogP contribution in [-0.2, 0) is 0 Å². The van der Waals surface area contributed by atoms with Crippen LogP contribution in [0.1, 0.15) is 74.3 Å². The van der Waals surface area contributed by atoms with Gasteiger partial charge in [0.25, 0.3) is 0 Å². The molecule has 0 bridgehead atoms. The van der Waals surface area contributed by atoms with Crippen LogP contribution in [0.25, 0.3) is 11.1 Å². The van der Waals surface area contributed by atoms with Crippen molar-refractivity contribution in [3.05, 3.63) is 59.7 Å². The van der Waals surface area contributed by atoms with Gasteiger partial charge in [-0.2, -0.15) is 0 Å². The Balaban J connectivity index is 1.42. The van der Waals surface area contributed by atoms with Crippen molar-refractivity contribution in [3.8, 4) is 11.1 Å². The minimum atomic E-state index is 0.788. The van der Waals surface area contributed by atoms with E-state index in [1.165, 1.54) is 62.5 Å². The van der Waals surface area contributed by atoms with E-state index < -0.39 is 0 Å². The summed E-state index contributed by atoms with van der Waals surface area (Å²) in [5, 5.41) is 0. The molecule has 2 aliphatic rings. The summed E-state index contributed by atoms with van der Waals surface area (Å²) in [6.45, 7) is 0. The number of benzene rings is 2.